The van der Waals surface area contributed by atoms with E-state index < -0.39 is 6.10 Å². The molecule has 0 aliphatic carbocycles. The monoisotopic (exact) mass is 436 g/mol. The molecule has 1 heterocycles. The minimum atomic E-state index is -0.502. The van der Waals surface area contributed by atoms with E-state index in [9.17, 15) is 5.11 Å². The van der Waals surface area contributed by atoms with Crippen LogP contribution in [0, 0.1) is 0 Å². The van der Waals surface area contributed by atoms with Gasteiger partial charge in [-0.3, -0.25) is 0 Å². The van der Waals surface area contributed by atoms with Gasteiger partial charge in [0.25, 0.3) is 0 Å². The van der Waals surface area contributed by atoms with E-state index in [0.717, 1.165) is 30.8 Å². The summed E-state index contributed by atoms with van der Waals surface area (Å²) in [5.41, 5.74) is 3.69. The number of nitrogens with zero attached hydrogens (tertiary/aromatic N) is 2. The fourth-order valence-electron chi connectivity index (χ4n) is 4.25. The maximum absolute atomic E-state index is 10.7. The van der Waals surface area contributed by atoms with Gasteiger partial charge in [0.05, 0.1) is 5.52 Å². The average molecular weight is 437 g/mol. The lowest BCUT2D eigenvalue weighted by atomic mass is 10.1. The van der Waals surface area contributed by atoms with Crippen LogP contribution in [0.15, 0.2) is 54.1 Å². The number of aliphatic hydroxyl groups is 1. The number of unbranched alkanes of at least 4 members (excludes halogenated alkanes) is 2. The van der Waals surface area contributed by atoms with Gasteiger partial charge in [-0.2, -0.15) is 0 Å². The second-order valence-electron chi connectivity index (χ2n) is 9.03. The summed E-state index contributed by atoms with van der Waals surface area (Å²) >= 11 is 0. The maximum atomic E-state index is 10.7. The first-order valence-electron chi connectivity index (χ1n) is 12.2. The average Bonchev–Trinajstić information content (AvgIpc) is 3.12. The van der Waals surface area contributed by atoms with Crippen molar-refractivity contribution in [2.24, 2.45) is 0 Å². The van der Waals surface area contributed by atoms with Crippen LogP contribution in [0.5, 0.6) is 5.75 Å². The SMILES string of the molecule is CCCCN(CCCC)CC(O)COc1cccc2c1c1ccccc1n2CC=C(C)C. The molecule has 0 saturated heterocycles. The maximum Gasteiger partial charge on any atom is 0.129 e. The van der Waals surface area contributed by atoms with Gasteiger partial charge in [0.15, 0.2) is 0 Å². The van der Waals surface area contributed by atoms with E-state index in [1.807, 2.05) is 6.07 Å². The fourth-order valence-corrected chi connectivity index (χ4v) is 4.25. The Kier molecular flexibility index (Phi) is 9.19. The number of aromatic nitrogens is 1. The van der Waals surface area contributed by atoms with Gasteiger partial charge < -0.3 is 19.3 Å². The minimum absolute atomic E-state index is 0.307. The lowest BCUT2D eigenvalue weighted by molar-refractivity contribution is 0.0677. The molecule has 32 heavy (non-hydrogen) atoms. The number of hydrogen-bond acceptors (Lipinski definition) is 3. The van der Waals surface area contributed by atoms with Crippen LogP contribution in [-0.2, 0) is 6.54 Å². The lowest BCUT2D eigenvalue weighted by Crippen LogP contribution is -2.36. The number of hydrogen-bond donors (Lipinski definition) is 1. The van der Waals surface area contributed by atoms with Crippen LogP contribution < -0.4 is 4.74 Å². The third kappa shape index (κ3) is 6.14. The minimum Gasteiger partial charge on any atom is -0.490 e. The molecule has 1 atom stereocenters. The molecule has 2 aromatic carbocycles. The quantitative estimate of drug-likeness (QED) is 0.315. The molecule has 3 aromatic rings. The molecule has 174 valence electrons. The summed E-state index contributed by atoms with van der Waals surface area (Å²) in [6.45, 7) is 12.6. The van der Waals surface area contributed by atoms with Crippen molar-refractivity contribution in [1.82, 2.24) is 9.47 Å². The number of ether oxygens (including phenoxy) is 1. The summed E-state index contributed by atoms with van der Waals surface area (Å²) in [4.78, 5) is 2.38. The van der Waals surface area contributed by atoms with Crippen LogP contribution in [-0.4, -0.2) is 46.9 Å². The Bertz CT molecular complexity index is 1010. The second kappa shape index (κ2) is 12.1. The summed E-state index contributed by atoms with van der Waals surface area (Å²) < 4.78 is 8.58. The van der Waals surface area contributed by atoms with Gasteiger partial charge in [-0.15, -0.1) is 0 Å². The number of benzene rings is 2. The third-order valence-corrected chi connectivity index (χ3v) is 6.00. The number of aliphatic hydroxyl groups excluding tert-OH is 1. The Morgan fingerprint density at radius 1 is 1.00 bits per heavy atom. The molecule has 4 nitrogen and oxygen atoms in total. The van der Waals surface area contributed by atoms with E-state index in [0.29, 0.717) is 13.2 Å². The van der Waals surface area contributed by atoms with Crippen molar-refractivity contribution < 1.29 is 9.84 Å². The topological polar surface area (TPSA) is 37.6 Å². The number of fused-ring (bicyclic) bond motifs is 3. The molecule has 0 bridgehead atoms. The molecule has 0 aliphatic heterocycles. The Balaban J connectivity index is 1.80. The van der Waals surface area contributed by atoms with E-state index in [4.69, 9.17) is 4.74 Å². The van der Waals surface area contributed by atoms with E-state index >= 15 is 0 Å². The molecule has 1 unspecified atom stereocenters. The highest BCUT2D eigenvalue weighted by atomic mass is 16.5. The Morgan fingerprint density at radius 2 is 1.69 bits per heavy atom. The van der Waals surface area contributed by atoms with E-state index in [1.165, 1.54) is 47.7 Å². The largest absolute Gasteiger partial charge is 0.490 e. The van der Waals surface area contributed by atoms with E-state index in [-0.39, 0.29) is 0 Å². The number of para-hydroxylation sites is 1. The summed E-state index contributed by atoms with van der Waals surface area (Å²) in [6, 6.07) is 14.7. The Hall–Kier alpha value is -2.30. The second-order valence-corrected chi connectivity index (χ2v) is 9.03. The van der Waals surface area contributed by atoms with Gasteiger partial charge in [-0.1, -0.05) is 62.6 Å². The summed E-state index contributed by atoms with van der Waals surface area (Å²) in [5, 5.41) is 13.1. The van der Waals surface area contributed by atoms with Crippen molar-refractivity contribution in [3.05, 3.63) is 54.1 Å². The normalized spacial score (nSPS) is 12.6. The van der Waals surface area contributed by atoms with Crippen LogP contribution in [0.4, 0.5) is 0 Å². The van der Waals surface area contributed by atoms with Crippen LogP contribution in [0.25, 0.3) is 21.8 Å². The number of allylic oxidation sites excluding steroid dienone is 2. The standard InChI is InChI=1S/C28H40N2O2/c1-5-7-17-29(18-8-6-2)20-23(31)21-32-27-15-11-14-26-28(27)24-12-9-10-13-25(24)30(26)19-16-22(3)4/h9-16,23,31H,5-8,17-21H2,1-4H3. The predicted octanol–water partition coefficient (Wildman–Crippen LogP) is 6.40. The number of rotatable bonds is 13. The molecule has 1 aromatic heterocycles. The zero-order valence-corrected chi connectivity index (χ0v) is 20.3. The van der Waals surface area contributed by atoms with Crippen LogP contribution >= 0.6 is 0 Å². The molecule has 4 heteroatoms. The Morgan fingerprint density at radius 3 is 2.38 bits per heavy atom. The van der Waals surface area contributed by atoms with Crippen LogP contribution in [0.2, 0.25) is 0 Å². The molecule has 0 spiro atoms. The van der Waals surface area contributed by atoms with Crippen molar-refractivity contribution in [3.8, 4) is 5.75 Å². The van der Waals surface area contributed by atoms with Crippen molar-refractivity contribution in [1.29, 1.82) is 0 Å². The summed E-state index contributed by atoms with van der Waals surface area (Å²) in [7, 11) is 0. The lowest BCUT2D eigenvalue weighted by Gasteiger charge is -2.25. The van der Waals surface area contributed by atoms with Gasteiger partial charge in [-0.05, 0) is 58.0 Å². The first-order valence-corrected chi connectivity index (χ1v) is 12.2. The van der Waals surface area contributed by atoms with Gasteiger partial charge in [-0.25, -0.2) is 0 Å². The smallest absolute Gasteiger partial charge is 0.129 e. The molecule has 0 saturated carbocycles. The molecular formula is C28H40N2O2. The molecule has 0 radical (unpaired) electrons. The first kappa shape index (κ1) is 24.3. The van der Waals surface area contributed by atoms with Crippen molar-refractivity contribution >= 4 is 21.8 Å². The highest BCUT2D eigenvalue weighted by molar-refractivity contribution is 6.11. The zero-order chi connectivity index (χ0) is 22.9. The Labute approximate surface area is 193 Å². The third-order valence-electron chi connectivity index (χ3n) is 6.00. The van der Waals surface area contributed by atoms with Gasteiger partial charge >= 0.3 is 0 Å². The fraction of sp³-hybridized carbons (Fsp3) is 0.500. The van der Waals surface area contributed by atoms with Gasteiger partial charge in [0.1, 0.15) is 18.5 Å². The molecule has 0 fully saturated rings. The van der Waals surface area contributed by atoms with Crippen molar-refractivity contribution in [2.45, 2.75) is 66.0 Å². The summed E-state index contributed by atoms with van der Waals surface area (Å²) in [6.07, 6.45) is 6.44. The van der Waals surface area contributed by atoms with Crippen LogP contribution in [0.3, 0.4) is 0 Å². The van der Waals surface area contributed by atoms with Crippen molar-refractivity contribution in [3.63, 3.8) is 0 Å². The zero-order valence-electron chi connectivity index (χ0n) is 20.3. The first-order chi connectivity index (χ1) is 15.5. The predicted molar refractivity (Wildman–Crippen MR) is 137 cm³/mol. The summed E-state index contributed by atoms with van der Waals surface area (Å²) in [5.74, 6) is 0.849. The molecular weight excluding hydrogens is 396 g/mol. The molecule has 1 N–H and O–H groups in total. The highest BCUT2D eigenvalue weighted by Gasteiger charge is 2.16. The van der Waals surface area contributed by atoms with E-state index in [1.54, 1.807) is 0 Å². The van der Waals surface area contributed by atoms with Crippen LogP contribution in [0.1, 0.15) is 53.4 Å². The molecule has 3 rings (SSSR count). The molecule has 0 aliphatic rings. The molecule has 0 amide bonds. The highest BCUT2D eigenvalue weighted by Crippen LogP contribution is 2.35. The van der Waals surface area contributed by atoms with Crippen molar-refractivity contribution in [2.75, 3.05) is 26.2 Å². The van der Waals surface area contributed by atoms with E-state index in [2.05, 4.69) is 79.6 Å². The van der Waals surface area contributed by atoms with Gasteiger partial charge in [0, 0.05) is 29.4 Å². The van der Waals surface area contributed by atoms with Gasteiger partial charge in [0.2, 0.25) is 0 Å².